The molecule has 0 radical (unpaired) electrons. The van der Waals surface area contributed by atoms with Crippen molar-refractivity contribution in [1.29, 1.82) is 0 Å². The second-order valence-corrected chi connectivity index (χ2v) is 8.13. The molecule has 0 aromatic carbocycles. The Morgan fingerprint density at radius 2 is 2.12 bits per heavy atom. The number of hydrogen-bond acceptors (Lipinski definition) is 6. The second kappa shape index (κ2) is 6.41. The van der Waals surface area contributed by atoms with E-state index in [2.05, 4.69) is 17.1 Å². The van der Waals surface area contributed by atoms with Crippen LogP contribution in [0.2, 0.25) is 0 Å². The number of rotatable bonds is 4. The van der Waals surface area contributed by atoms with Crippen LogP contribution in [0.1, 0.15) is 26.2 Å². The first-order valence-electron chi connectivity index (χ1n) is 5.97. The van der Waals surface area contributed by atoms with Crippen LogP contribution in [0.25, 0.3) is 0 Å². The van der Waals surface area contributed by atoms with Gasteiger partial charge in [0.2, 0.25) is 0 Å². The Labute approximate surface area is 115 Å². The maximum Gasteiger partial charge on any atom is 0.175 e. The van der Waals surface area contributed by atoms with E-state index in [1.165, 1.54) is 19.3 Å². The highest BCUT2D eigenvalue weighted by Gasteiger charge is 2.29. The van der Waals surface area contributed by atoms with E-state index in [0.717, 1.165) is 21.1 Å². The third-order valence-corrected chi connectivity index (χ3v) is 6.70. The van der Waals surface area contributed by atoms with Crippen LogP contribution in [0.15, 0.2) is 8.68 Å². The highest BCUT2D eigenvalue weighted by Crippen LogP contribution is 2.40. The molecule has 2 rings (SSSR count). The summed E-state index contributed by atoms with van der Waals surface area (Å²) in [6, 6.07) is 0. The molecule has 0 saturated heterocycles. The minimum atomic E-state index is 0.631. The van der Waals surface area contributed by atoms with Gasteiger partial charge in [0.1, 0.15) is 0 Å². The van der Waals surface area contributed by atoms with Crippen molar-refractivity contribution in [2.24, 2.45) is 17.6 Å². The Bertz CT molecular complexity index is 355. The summed E-state index contributed by atoms with van der Waals surface area (Å²) in [4.78, 5) is 0. The lowest BCUT2D eigenvalue weighted by Gasteiger charge is -2.33. The molecule has 0 aliphatic heterocycles. The highest BCUT2D eigenvalue weighted by molar-refractivity contribution is 8.03. The van der Waals surface area contributed by atoms with E-state index in [1.807, 2.05) is 18.0 Å². The number of thioether (sulfide) groups is 2. The van der Waals surface area contributed by atoms with Crippen LogP contribution in [-0.2, 0) is 0 Å². The average Bonchev–Trinajstić information content (AvgIpc) is 2.77. The summed E-state index contributed by atoms with van der Waals surface area (Å²) in [5.41, 5.74) is 5.87. The minimum Gasteiger partial charge on any atom is -0.330 e. The fourth-order valence-electron chi connectivity index (χ4n) is 2.26. The molecule has 1 saturated carbocycles. The lowest BCUT2D eigenvalue weighted by Crippen LogP contribution is -2.31. The van der Waals surface area contributed by atoms with Crippen molar-refractivity contribution >= 4 is 34.9 Å². The molecule has 6 heteroatoms. The zero-order chi connectivity index (χ0) is 12.3. The molecule has 1 aliphatic carbocycles. The normalized spacial score (nSPS) is 29.5. The third-order valence-electron chi connectivity index (χ3n) is 3.31. The molecule has 1 fully saturated rings. The Kier molecular flexibility index (Phi) is 5.14. The number of hydrogen-bond donors (Lipinski definition) is 1. The number of aromatic nitrogens is 2. The van der Waals surface area contributed by atoms with Crippen LogP contribution in [0.4, 0.5) is 0 Å². The van der Waals surface area contributed by atoms with Gasteiger partial charge in [-0.3, -0.25) is 0 Å². The summed E-state index contributed by atoms with van der Waals surface area (Å²) in [5.74, 6) is 1.47. The maximum absolute atomic E-state index is 5.87. The molecule has 3 unspecified atom stereocenters. The minimum absolute atomic E-state index is 0.631. The summed E-state index contributed by atoms with van der Waals surface area (Å²) >= 11 is 5.26. The van der Waals surface area contributed by atoms with Crippen LogP contribution in [0.3, 0.4) is 0 Å². The number of nitrogens with two attached hydrogens (primary N) is 1. The van der Waals surface area contributed by atoms with Crippen molar-refractivity contribution in [3.8, 4) is 0 Å². The van der Waals surface area contributed by atoms with Gasteiger partial charge in [-0.25, -0.2) is 0 Å². The van der Waals surface area contributed by atoms with Crippen LogP contribution in [-0.4, -0.2) is 28.2 Å². The first-order valence-corrected chi connectivity index (χ1v) is 8.89. The fourth-order valence-corrected chi connectivity index (χ4v) is 5.44. The van der Waals surface area contributed by atoms with E-state index >= 15 is 0 Å². The second-order valence-electron chi connectivity index (χ2n) is 4.61. The van der Waals surface area contributed by atoms with Gasteiger partial charge in [0.05, 0.1) is 0 Å². The Morgan fingerprint density at radius 3 is 2.76 bits per heavy atom. The van der Waals surface area contributed by atoms with Gasteiger partial charge in [0.25, 0.3) is 0 Å². The molecule has 0 spiro atoms. The lowest BCUT2D eigenvalue weighted by molar-refractivity contribution is 0.306. The zero-order valence-electron chi connectivity index (χ0n) is 10.3. The van der Waals surface area contributed by atoms with Gasteiger partial charge < -0.3 is 5.73 Å². The first kappa shape index (κ1) is 13.6. The summed E-state index contributed by atoms with van der Waals surface area (Å²) < 4.78 is 2.16. The quantitative estimate of drug-likeness (QED) is 0.863. The molecule has 1 heterocycles. The van der Waals surface area contributed by atoms with Gasteiger partial charge >= 0.3 is 0 Å². The van der Waals surface area contributed by atoms with E-state index in [-0.39, 0.29) is 0 Å². The van der Waals surface area contributed by atoms with Crippen molar-refractivity contribution in [3.63, 3.8) is 0 Å². The molecule has 1 aromatic rings. The summed E-state index contributed by atoms with van der Waals surface area (Å²) in [6.45, 7) is 3.15. The predicted molar refractivity (Wildman–Crippen MR) is 76.9 cm³/mol. The summed E-state index contributed by atoms with van der Waals surface area (Å²) in [7, 11) is 0. The molecule has 1 aromatic heterocycles. The fraction of sp³-hybridized carbons (Fsp3) is 0.818. The third kappa shape index (κ3) is 3.59. The monoisotopic (exact) mass is 289 g/mol. The lowest BCUT2D eigenvalue weighted by atomic mass is 9.82. The van der Waals surface area contributed by atoms with Gasteiger partial charge in [0.15, 0.2) is 8.68 Å². The van der Waals surface area contributed by atoms with Crippen molar-refractivity contribution in [3.05, 3.63) is 0 Å². The molecular formula is C11H19N3S3. The molecule has 3 atom stereocenters. The van der Waals surface area contributed by atoms with Crippen LogP contribution in [0.5, 0.6) is 0 Å². The molecule has 96 valence electrons. The van der Waals surface area contributed by atoms with Crippen molar-refractivity contribution in [1.82, 2.24) is 10.2 Å². The van der Waals surface area contributed by atoms with Crippen LogP contribution < -0.4 is 5.73 Å². The van der Waals surface area contributed by atoms with Crippen molar-refractivity contribution in [2.45, 2.75) is 40.1 Å². The largest absolute Gasteiger partial charge is 0.330 e. The van der Waals surface area contributed by atoms with E-state index in [9.17, 15) is 0 Å². The zero-order valence-corrected chi connectivity index (χ0v) is 12.7. The number of nitrogens with zero attached hydrogens (tertiary/aromatic N) is 2. The topological polar surface area (TPSA) is 51.8 Å². The van der Waals surface area contributed by atoms with E-state index < -0.39 is 0 Å². The summed E-state index contributed by atoms with van der Waals surface area (Å²) in [6.07, 6.45) is 5.90. The molecule has 3 nitrogen and oxygen atoms in total. The Balaban J connectivity index is 1.99. The van der Waals surface area contributed by atoms with Gasteiger partial charge in [-0.2, -0.15) is 0 Å². The van der Waals surface area contributed by atoms with Crippen LogP contribution in [0, 0.1) is 11.8 Å². The first-order chi connectivity index (χ1) is 8.22. The van der Waals surface area contributed by atoms with Crippen molar-refractivity contribution < 1.29 is 0 Å². The molecule has 2 N–H and O–H groups in total. The highest BCUT2D eigenvalue weighted by atomic mass is 32.2. The van der Waals surface area contributed by atoms with E-state index in [0.29, 0.717) is 11.2 Å². The molecule has 17 heavy (non-hydrogen) atoms. The van der Waals surface area contributed by atoms with Gasteiger partial charge in [-0.1, -0.05) is 48.2 Å². The molecule has 0 amide bonds. The van der Waals surface area contributed by atoms with Crippen LogP contribution >= 0.6 is 34.9 Å². The molecule has 1 aliphatic rings. The van der Waals surface area contributed by atoms with Gasteiger partial charge in [-0.15, -0.1) is 10.2 Å². The van der Waals surface area contributed by atoms with E-state index in [1.54, 1.807) is 23.1 Å². The standard InChI is InChI=1S/C11H19N3S3/c1-7-3-4-8(6-12)9(5-7)16-11-14-13-10(15-2)17-11/h7-9H,3-6,12H2,1-2H3. The SMILES string of the molecule is CSc1nnc(SC2CC(C)CCC2CN)s1. The average molecular weight is 289 g/mol. The molecular weight excluding hydrogens is 270 g/mol. The molecule has 0 bridgehead atoms. The summed E-state index contributed by atoms with van der Waals surface area (Å²) in [5, 5.41) is 9.03. The predicted octanol–water partition coefficient (Wildman–Crippen LogP) is 3.12. The smallest absolute Gasteiger partial charge is 0.175 e. The van der Waals surface area contributed by atoms with Gasteiger partial charge in [-0.05, 0) is 37.5 Å². The van der Waals surface area contributed by atoms with E-state index in [4.69, 9.17) is 5.73 Å². The Morgan fingerprint density at radius 1 is 1.35 bits per heavy atom. The maximum atomic E-state index is 5.87. The van der Waals surface area contributed by atoms with Gasteiger partial charge in [0, 0.05) is 5.25 Å². The van der Waals surface area contributed by atoms with Crippen molar-refractivity contribution in [2.75, 3.05) is 12.8 Å². The Hall–Kier alpha value is 0.220.